The number of amides is 2. The van der Waals surface area contributed by atoms with Crippen LogP contribution < -0.4 is 10.2 Å². The number of carbonyl (C=O) groups is 2. The summed E-state index contributed by atoms with van der Waals surface area (Å²) in [5, 5.41) is 3.79. The van der Waals surface area contributed by atoms with Gasteiger partial charge in [-0.25, -0.2) is 0 Å². The molecule has 0 saturated carbocycles. The van der Waals surface area contributed by atoms with Gasteiger partial charge >= 0.3 is 0 Å². The molecule has 1 heterocycles. The molecule has 0 aromatic heterocycles. The summed E-state index contributed by atoms with van der Waals surface area (Å²) in [6, 6.07) is 24.1. The number of carbonyl (C=O) groups excluding carboxylic acids is 2. The number of rotatable bonds is 6. The fourth-order valence-corrected chi connectivity index (χ4v) is 3.59. The lowest BCUT2D eigenvalue weighted by atomic mass is 10.0. The highest BCUT2D eigenvalue weighted by molar-refractivity contribution is 6.36. The SMILES string of the molecule is CN(C)c1ccc(NC2=C(c3ccccc3)C(=O)N(Cc3ccc(Cl)cc3)C2=O)cc1. The molecule has 0 radical (unpaired) electrons. The third-order valence-corrected chi connectivity index (χ3v) is 5.39. The van der Waals surface area contributed by atoms with Gasteiger partial charge in [-0.3, -0.25) is 14.5 Å². The number of anilines is 2. The van der Waals surface area contributed by atoms with E-state index < -0.39 is 0 Å². The average molecular weight is 432 g/mol. The van der Waals surface area contributed by atoms with Crippen molar-refractivity contribution >= 4 is 40.4 Å². The molecule has 1 N–H and O–H groups in total. The van der Waals surface area contributed by atoms with Crippen molar-refractivity contribution in [1.82, 2.24) is 4.90 Å². The summed E-state index contributed by atoms with van der Waals surface area (Å²) in [5.41, 5.74) is 3.96. The zero-order valence-electron chi connectivity index (χ0n) is 17.3. The topological polar surface area (TPSA) is 52.7 Å². The molecule has 5 nitrogen and oxygen atoms in total. The Kier molecular flexibility index (Phi) is 5.78. The highest BCUT2D eigenvalue weighted by atomic mass is 35.5. The van der Waals surface area contributed by atoms with Gasteiger partial charge in [0.2, 0.25) is 0 Å². The second-order valence-electron chi connectivity index (χ2n) is 7.51. The molecule has 0 saturated heterocycles. The molecule has 4 rings (SSSR count). The molecule has 0 aliphatic carbocycles. The summed E-state index contributed by atoms with van der Waals surface area (Å²) < 4.78 is 0. The molecule has 31 heavy (non-hydrogen) atoms. The van der Waals surface area contributed by atoms with Crippen molar-refractivity contribution < 1.29 is 9.59 Å². The molecule has 2 amide bonds. The maximum Gasteiger partial charge on any atom is 0.278 e. The van der Waals surface area contributed by atoms with Gasteiger partial charge in [0.15, 0.2) is 0 Å². The molecule has 0 unspecified atom stereocenters. The standard InChI is InChI=1S/C25H22ClN3O2/c1-28(2)21-14-12-20(13-15-21)27-23-22(18-6-4-3-5-7-18)24(30)29(25(23)31)16-17-8-10-19(26)11-9-17/h3-15,27H,16H2,1-2H3. The van der Waals surface area contributed by atoms with Crippen LogP contribution in [0, 0.1) is 0 Å². The van der Waals surface area contributed by atoms with Gasteiger partial charge in [-0.15, -0.1) is 0 Å². The lowest BCUT2D eigenvalue weighted by molar-refractivity contribution is -0.137. The van der Waals surface area contributed by atoms with Crippen LogP contribution in [0.3, 0.4) is 0 Å². The molecular weight excluding hydrogens is 410 g/mol. The van der Waals surface area contributed by atoms with Gasteiger partial charge in [0.25, 0.3) is 11.8 Å². The molecule has 0 atom stereocenters. The molecule has 1 aliphatic rings. The van der Waals surface area contributed by atoms with E-state index in [1.165, 1.54) is 4.90 Å². The van der Waals surface area contributed by atoms with Gasteiger partial charge in [-0.1, -0.05) is 54.1 Å². The van der Waals surface area contributed by atoms with Crippen LogP contribution in [0.15, 0.2) is 84.6 Å². The molecule has 1 aliphatic heterocycles. The summed E-state index contributed by atoms with van der Waals surface area (Å²) >= 11 is 5.96. The zero-order valence-corrected chi connectivity index (χ0v) is 18.1. The van der Waals surface area contributed by atoms with Crippen LogP contribution in [0.1, 0.15) is 11.1 Å². The molecule has 0 bridgehead atoms. The van der Waals surface area contributed by atoms with Crippen LogP contribution in [0.4, 0.5) is 11.4 Å². The molecule has 0 spiro atoms. The highest BCUT2D eigenvalue weighted by Crippen LogP contribution is 2.32. The summed E-state index contributed by atoms with van der Waals surface area (Å²) in [6.45, 7) is 0.177. The second kappa shape index (κ2) is 8.66. The van der Waals surface area contributed by atoms with Crippen LogP contribution >= 0.6 is 11.6 Å². The number of nitrogens with zero attached hydrogens (tertiary/aromatic N) is 2. The van der Waals surface area contributed by atoms with E-state index in [1.54, 1.807) is 12.1 Å². The average Bonchev–Trinajstić information content (AvgIpc) is 3.00. The van der Waals surface area contributed by atoms with Gasteiger partial charge < -0.3 is 10.2 Å². The van der Waals surface area contributed by atoms with Crippen molar-refractivity contribution in [1.29, 1.82) is 0 Å². The maximum absolute atomic E-state index is 13.3. The third-order valence-electron chi connectivity index (χ3n) is 5.14. The fraction of sp³-hybridized carbons (Fsp3) is 0.120. The quantitative estimate of drug-likeness (QED) is 0.570. The molecule has 6 heteroatoms. The fourth-order valence-electron chi connectivity index (χ4n) is 3.47. The van der Waals surface area contributed by atoms with Gasteiger partial charge in [-0.05, 0) is 47.5 Å². The van der Waals surface area contributed by atoms with Crippen molar-refractivity contribution in [2.24, 2.45) is 0 Å². The molecular formula is C25H22ClN3O2. The first-order valence-electron chi connectivity index (χ1n) is 9.89. The van der Waals surface area contributed by atoms with Crippen molar-refractivity contribution in [2.45, 2.75) is 6.54 Å². The summed E-state index contributed by atoms with van der Waals surface area (Å²) in [7, 11) is 3.93. The number of benzene rings is 3. The van der Waals surface area contributed by atoms with Crippen molar-refractivity contribution in [3.8, 4) is 0 Å². The van der Waals surface area contributed by atoms with E-state index >= 15 is 0 Å². The van der Waals surface area contributed by atoms with E-state index in [0.29, 0.717) is 16.2 Å². The van der Waals surface area contributed by atoms with Crippen molar-refractivity contribution in [3.05, 3.63) is 101 Å². The van der Waals surface area contributed by atoms with E-state index in [9.17, 15) is 9.59 Å². The Hall–Kier alpha value is -3.57. The highest BCUT2D eigenvalue weighted by Gasteiger charge is 2.39. The summed E-state index contributed by atoms with van der Waals surface area (Å²) in [4.78, 5) is 29.9. The predicted molar refractivity (Wildman–Crippen MR) is 125 cm³/mol. The van der Waals surface area contributed by atoms with Crippen LogP contribution in [0.2, 0.25) is 5.02 Å². The monoisotopic (exact) mass is 431 g/mol. The smallest absolute Gasteiger partial charge is 0.278 e. The van der Waals surface area contributed by atoms with Gasteiger partial charge in [-0.2, -0.15) is 0 Å². The van der Waals surface area contributed by atoms with E-state index in [4.69, 9.17) is 11.6 Å². The Morgan fingerprint density at radius 3 is 2.10 bits per heavy atom. The molecule has 3 aromatic rings. The Bertz CT molecular complexity index is 1140. The Labute approximate surface area is 186 Å². The van der Waals surface area contributed by atoms with Gasteiger partial charge in [0.1, 0.15) is 5.70 Å². The minimum Gasteiger partial charge on any atom is -0.378 e. The number of halogens is 1. The van der Waals surface area contributed by atoms with Gasteiger partial charge in [0, 0.05) is 30.5 Å². The largest absolute Gasteiger partial charge is 0.378 e. The molecule has 0 fully saturated rings. The van der Waals surface area contributed by atoms with Crippen molar-refractivity contribution in [3.63, 3.8) is 0 Å². The normalized spacial score (nSPS) is 13.7. The molecule has 156 valence electrons. The Morgan fingerprint density at radius 1 is 0.839 bits per heavy atom. The first-order chi connectivity index (χ1) is 14.9. The van der Waals surface area contributed by atoms with Crippen molar-refractivity contribution in [2.75, 3.05) is 24.3 Å². The Morgan fingerprint density at radius 2 is 1.48 bits per heavy atom. The number of hydrogen-bond acceptors (Lipinski definition) is 4. The lowest BCUT2D eigenvalue weighted by Crippen LogP contribution is -2.32. The van der Waals surface area contributed by atoms with E-state index in [-0.39, 0.29) is 24.1 Å². The second-order valence-corrected chi connectivity index (χ2v) is 7.94. The number of imide groups is 1. The summed E-state index contributed by atoms with van der Waals surface area (Å²) in [5.74, 6) is -0.672. The Balaban J connectivity index is 1.69. The lowest BCUT2D eigenvalue weighted by Gasteiger charge is -2.16. The maximum atomic E-state index is 13.3. The first-order valence-corrected chi connectivity index (χ1v) is 10.3. The minimum atomic E-state index is -0.351. The third kappa shape index (κ3) is 4.32. The van der Waals surface area contributed by atoms with Crippen LogP contribution in [-0.4, -0.2) is 30.8 Å². The van der Waals surface area contributed by atoms with E-state index in [0.717, 1.165) is 16.9 Å². The zero-order chi connectivity index (χ0) is 22.0. The minimum absolute atomic E-state index is 0.177. The van der Waals surface area contributed by atoms with E-state index in [1.807, 2.05) is 85.7 Å². The summed E-state index contributed by atoms with van der Waals surface area (Å²) in [6.07, 6.45) is 0. The van der Waals surface area contributed by atoms with Crippen LogP contribution in [-0.2, 0) is 16.1 Å². The predicted octanol–water partition coefficient (Wildman–Crippen LogP) is 4.80. The number of nitrogens with one attached hydrogen (secondary N) is 1. The van der Waals surface area contributed by atoms with Crippen LogP contribution in [0.5, 0.6) is 0 Å². The first kappa shape index (κ1) is 20.7. The van der Waals surface area contributed by atoms with Gasteiger partial charge in [0.05, 0.1) is 12.1 Å². The van der Waals surface area contributed by atoms with Crippen LogP contribution in [0.25, 0.3) is 5.57 Å². The number of hydrogen-bond donors (Lipinski definition) is 1. The molecule has 3 aromatic carbocycles. The van der Waals surface area contributed by atoms with E-state index in [2.05, 4.69) is 5.32 Å².